The molecule has 0 aliphatic carbocycles. The van der Waals surface area contributed by atoms with Crippen LogP contribution in [0.15, 0.2) is 24.5 Å². The number of carboxylic acid groups (broad SMARTS) is 1. The quantitative estimate of drug-likeness (QED) is 0.661. The van der Waals surface area contributed by atoms with E-state index in [0.717, 1.165) is 24.2 Å². The molecule has 28 heavy (non-hydrogen) atoms. The highest BCUT2D eigenvalue weighted by Gasteiger charge is 2.21. The second kappa shape index (κ2) is 7.69. The maximum absolute atomic E-state index is 13.8. The highest BCUT2D eigenvalue weighted by molar-refractivity contribution is 7.20. The van der Waals surface area contributed by atoms with E-state index in [1.807, 2.05) is 0 Å². The summed E-state index contributed by atoms with van der Waals surface area (Å²) in [5.41, 5.74) is 1.12. The van der Waals surface area contributed by atoms with Crippen LogP contribution in [-0.4, -0.2) is 40.4 Å². The number of halogens is 1. The first-order chi connectivity index (χ1) is 13.5. The number of aromatic carboxylic acids is 1. The third-order valence-electron chi connectivity index (χ3n) is 4.53. The lowest BCUT2D eigenvalue weighted by molar-refractivity contribution is 0.00763. The van der Waals surface area contributed by atoms with E-state index in [0.29, 0.717) is 46.2 Å². The highest BCUT2D eigenvalue weighted by atomic mass is 32.1. The Morgan fingerprint density at radius 2 is 2.29 bits per heavy atom. The van der Waals surface area contributed by atoms with Gasteiger partial charge in [0, 0.05) is 12.7 Å². The first-order valence-electron chi connectivity index (χ1n) is 8.81. The lowest BCUT2D eigenvalue weighted by Crippen LogP contribution is -2.28. The zero-order valence-electron chi connectivity index (χ0n) is 15.1. The number of carbonyl (C=O) groups is 1. The standard InChI is InChI=1S/C19H18FN3O4S/c1-10-15-17(21-9-22-18(15)28-16(10)19(24)25)23-13-5-4-11(20)7-14(13)27-12-3-2-6-26-8-12/h4-5,7,9,12H,2-3,6,8H2,1H3,(H,24,25)(H,21,22,23)/t12-/m0/s1. The summed E-state index contributed by atoms with van der Waals surface area (Å²) in [5, 5.41) is 13.2. The van der Waals surface area contributed by atoms with Crippen molar-refractivity contribution in [1.82, 2.24) is 9.97 Å². The molecule has 4 rings (SSSR count). The molecule has 0 unspecified atom stereocenters. The number of thiophene rings is 1. The fourth-order valence-electron chi connectivity index (χ4n) is 3.18. The molecule has 0 amide bonds. The van der Waals surface area contributed by atoms with Crippen LogP contribution >= 0.6 is 11.3 Å². The highest BCUT2D eigenvalue weighted by Crippen LogP contribution is 2.36. The Bertz CT molecular complexity index is 1030. The van der Waals surface area contributed by atoms with Gasteiger partial charge in [-0.2, -0.15) is 0 Å². The smallest absolute Gasteiger partial charge is 0.346 e. The molecule has 0 bridgehead atoms. The number of aryl methyl sites for hydroxylation is 1. The van der Waals surface area contributed by atoms with E-state index in [9.17, 15) is 14.3 Å². The molecule has 1 aliphatic rings. The Labute approximate surface area is 164 Å². The molecule has 2 N–H and O–H groups in total. The average molecular weight is 403 g/mol. The van der Waals surface area contributed by atoms with Gasteiger partial charge in [-0.15, -0.1) is 11.3 Å². The van der Waals surface area contributed by atoms with Crippen LogP contribution in [-0.2, 0) is 4.74 Å². The molecule has 7 nitrogen and oxygen atoms in total. The normalized spacial score (nSPS) is 16.9. The number of hydrogen-bond acceptors (Lipinski definition) is 7. The Morgan fingerprint density at radius 3 is 3.04 bits per heavy atom. The third-order valence-corrected chi connectivity index (χ3v) is 5.72. The molecular weight excluding hydrogens is 385 g/mol. The third kappa shape index (κ3) is 3.63. The molecule has 1 saturated heterocycles. The summed E-state index contributed by atoms with van der Waals surface area (Å²) < 4.78 is 25.2. The SMILES string of the molecule is Cc1c(C(=O)O)sc2ncnc(Nc3ccc(F)cc3O[C@H]3CCCOC3)c12. The lowest BCUT2D eigenvalue weighted by Gasteiger charge is -2.24. The van der Waals surface area contributed by atoms with Crippen molar-refractivity contribution < 1.29 is 23.8 Å². The molecule has 3 heterocycles. The molecule has 146 valence electrons. The second-order valence-corrected chi connectivity index (χ2v) is 7.49. The predicted molar refractivity (Wildman–Crippen MR) is 103 cm³/mol. The minimum absolute atomic E-state index is 0.150. The van der Waals surface area contributed by atoms with Gasteiger partial charge in [0.1, 0.15) is 39.5 Å². The van der Waals surface area contributed by atoms with Gasteiger partial charge in [0.2, 0.25) is 0 Å². The zero-order valence-corrected chi connectivity index (χ0v) is 15.9. The first-order valence-corrected chi connectivity index (χ1v) is 9.63. The van der Waals surface area contributed by atoms with Gasteiger partial charge in [-0.1, -0.05) is 0 Å². The summed E-state index contributed by atoms with van der Waals surface area (Å²) in [5.74, 6) is -0.615. The molecule has 1 atom stereocenters. The summed E-state index contributed by atoms with van der Waals surface area (Å²) in [6.07, 6.45) is 2.94. The molecular formula is C19H18FN3O4S. The number of rotatable bonds is 5. The molecule has 0 spiro atoms. The number of carboxylic acids is 1. The van der Waals surface area contributed by atoms with Crippen molar-refractivity contribution in [2.24, 2.45) is 0 Å². The van der Waals surface area contributed by atoms with E-state index >= 15 is 0 Å². The van der Waals surface area contributed by atoms with Crippen LogP contribution in [0.1, 0.15) is 28.1 Å². The maximum Gasteiger partial charge on any atom is 0.346 e. The van der Waals surface area contributed by atoms with Gasteiger partial charge in [0.25, 0.3) is 0 Å². The number of anilines is 2. The van der Waals surface area contributed by atoms with Gasteiger partial charge in [0.15, 0.2) is 0 Å². The Kier molecular flexibility index (Phi) is 5.10. The van der Waals surface area contributed by atoms with Crippen molar-refractivity contribution >= 4 is 39.0 Å². The van der Waals surface area contributed by atoms with Crippen molar-refractivity contribution in [3.05, 3.63) is 40.8 Å². The van der Waals surface area contributed by atoms with Crippen LogP contribution in [0.5, 0.6) is 5.75 Å². The van der Waals surface area contributed by atoms with E-state index in [4.69, 9.17) is 9.47 Å². The summed E-state index contributed by atoms with van der Waals surface area (Å²) in [6.45, 7) is 2.88. The molecule has 0 radical (unpaired) electrons. The van der Waals surface area contributed by atoms with Crippen molar-refractivity contribution in [2.75, 3.05) is 18.5 Å². The molecule has 0 saturated carbocycles. The molecule has 3 aromatic rings. The van der Waals surface area contributed by atoms with Crippen molar-refractivity contribution in [3.63, 3.8) is 0 Å². The van der Waals surface area contributed by atoms with E-state index in [1.54, 1.807) is 13.0 Å². The van der Waals surface area contributed by atoms with Gasteiger partial charge >= 0.3 is 5.97 Å². The Balaban J connectivity index is 1.70. The van der Waals surface area contributed by atoms with Gasteiger partial charge in [-0.05, 0) is 37.5 Å². The van der Waals surface area contributed by atoms with E-state index < -0.39 is 11.8 Å². The Hall–Kier alpha value is -2.78. The minimum Gasteiger partial charge on any atom is -0.486 e. The number of hydrogen-bond donors (Lipinski definition) is 2. The monoisotopic (exact) mass is 403 g/mol. The van der Waals surface area contributed by atoms with E-state index in [-0.39, 0.29) is 11.0 Å². The van der Waals surface area contributed by atoms with Gasteiger partial charge in [-0.25, -0.2) is 19.2 Å². The maximum atomic E-state index is 13.8. The summed E-state index contributed by atoms with van der Waals surface area (Å²) in [4.78, 5) is 20.7. The number of aromatic nitrogens is 2. The van der Waals surface area contributed by atoms with Crippen molar-refractivity contribution in [2.45, 2.75) is 25.9 Å². The fraction of sp³-hybridized carbons (Fsp3) is 0.316. The molecule has 2 aromatic heterocycles. The average Bonchev–Trinajstić information content (AvgIpc) is 3.03. The van der Waals surface area contributed by atoms with Crippen LogP contribution in [0.4, 0.5) is 15.9 Å². The lowest BCUT2D eigenvalue weighted by atomic mass is 10.1. The van der Waals surface area contributed by atoms with Crippen molar-refractivity contribution in [1.29, 1.82) is 0 Å². The molecule has 1 aliphatic heterocycles. The van der Waals surface area contributed by atoms with E-state index in [2.05, 4.69) is 15.3 Å². The number of nitrogens with one attached hydrogen (secondary N) is 1. The predicted octanol–water partition coefficient (Wildman–Crippen LogP) is 4.14. The number of nitrogens with zero attached hydrogens (tertiary/aromatic N) is 2. The molecule has 9 heteroatoms. The van der Waals surface area contributed by atoms with Crippen LogP contribution in [0.3, 0.4) is 0 Å². The van der Waals surface area contributed by atoms with Crippen LogP contribution < -0.4 is 10.1 Å². The van der Waals surface area contributed by atoms with Crippen LogP contribution in [0.2, 0.25) is 0 Å². The largest absolute Gasteiger partial charge is 0.486 e. The number of benzene rings is 1. The second-order valence-electron chi connectivity index (χ2n) is 6.49. The molecule has 1 fully saturated rings. The van der Waals surface area contributed by atoms with Gasteiger partial charge in [0.05, 0.1) is 17.7 Å². The minimum atomic E-state index is -1.01. The van der Waals surface area contributed by atoms with Gasteiger partial charge < -0.3 is 19.9 Å². The van der Waals surface area contributed by atoms with Crippen molar-refractivity contribution in [3.8, 4) is 5.75 Å². The topological polar surface area (TPSA) is 93.6 Å². The van der Waals surface area contributed by atoms with Gasteiger partial charge in [-0.3, -0.25) is 0 Å². The zero-order chi connectivity index (χ0) is 19.7. The number of ether oxygens (including phenoxy) is 2. The molecule has 1 aromatic carbocycles. The summed E-state index contributed by atoms with van der Waals surface area (Å²) in [7, 11) is 0. The first kappa shape index (κ1) is 18.6. The summed E-state index contributed by atoms with van der Waals surface area (Å²) >= 11 is 1.09. The van der Waals surface area contributed by atoms with Crippen LogP contribution in [0.25, 0.3) is 10.2 Å². The summed E-state index contributed by atoms with van der Waals surface area (Å²) in [6, 6.07) is 4.22. The van der Waals surface area contributed by atoms with E-state index in [1.165, 1.54) is 18.5 Å². The fourth-order valence-corrected chi connectivity index (χ4v) is 4.17. The van der Waals surface area contributed by atoms with Crippen LogP contribution in [0, 0.1) is 12.7 Å². The Morgan fingerprint density at radius 1 is 1.43 bits per heavy atom. The number of fused-ring (bicyclic) bond motifs is 1.